The average Bonchev–Trinajstić information content (AvgIpc) is 3.05. The van der Waals surface area contributed by atoms with Crippen LogP contribution in [0.15, 0.2) is 16.6 Å². The van der Waals surface area contributed by atoms with Gasteiger partial charge in [0.05, 0.1) is 16.1 Å². The van der Waals surface area contributed by atoms with Gasteiger partial charge in [-0.3, -0.25) is 0 Å². The van der Waals surface area contributed by atoms with Crippen LogP contribution in [0.2, 0.25) is 0 Å². The number of benzene rings is 1. The van der Waals surface area contributed by atoms with Crippen molar-refractivity contribution in [1.82, 2.24) is 0 Å². The Morgan fingerprint density at radius 2 is 2.18 bits per heavy atom. The molecule has 1 aromatic carbocycles. The van der Waals surface area contributed by atoms with Crippen molar-refractivity contribution in [2.24, 2.45) is 11.7 Å². The lowest BCUT2D eigenvalue weighted by atomic mass is 9.99. The molecular weight excluding hydrogens is 304 g/mol. The van der Waals surface area contributed by atoms with Crippen LogP contribution in [0.5, 0.6) is 5.75 Å². The first-order chi connectivity index (χ1) is 7.61. The monoisotopic (exact) mass is 316 g/mol. The molecular formula is C12H14BrClN2O. The number of phenolic OH excluding ortho intramolecular Hbond substituents is 1. The Labute approximate surface area is 115 Å². The molecule has 1 aliphatic rings. The highest BCUT2D eigenvalue weighted by molar-refractivity contribution is 9.10. The average molecular weight is 318 g/mol. The van der Waals surface area contributed by atoms with Gasteiger partial charge in [0.15, 0.2) is 0 Å². The van der Waals surface area contributed by atoms with E-state index in [9.17, 15) is 5.11 Å². The topological polar surface area (TPSA) is 70.0 Å². The molecule has 0 saturated heterocycles. The number of phenols is 1. The highest BCUT2D eigenvalue weighted by Gasteiger charge is 2.26. The second-order valence-corrected chi connectivity index (χ2v) is 5.15. The number of rotatable bonds is 3. The van der Waals surface area contributed by atoms with Crippen LogP contribution in [-0.2, 0) is 0 Å². The molecule has 0 aromatic heterocycles. The van der Waals surface area contributed by atoms with Gasteiger partial charge >= 0.3 is 0 Å². The number of halogens is 2. The van der Waals surface area contributed by atoms with E-state index in [-0.39, 0.29) is 24.2 Å². The molecule has 1 fully saturated rings. The van der Waals surface area contributed by atoms with E-state index in [1.807, 2.05) is 0 Å². The molecule has 0 unspecified atom stereocenters. The predicted octanol–water partition coefficient (Wildman–Crippen LogP) is 3.25. The molecule has 1 aromatic rings. The molecule has 0 radical (unpaired) electrons. The van der Waals surface area contributed by atoms with Crippen LogP contribution in [0.25, 0.3) is 0 Å². The van der Waals surface area contributed by atoms with Crippen molar-refractivity contribution in [2.45, 2.75) is 25.3 Å². The molecule has 5 heteroatoms. The quantitative estimate of drug-likeness (QED) is 0.899. The molecule has 0 amide bonds. The zero-order chi connectivity index (χ0) is 11.7. The van der Waals surface area contributed by atoms with Gasteiger partial charge < -0.3 is 10.8 Å². The predicted molar refractivity (Wildman–Crippen MR) is 72.0 cm³/mol. The summed E-state index contributed by atoms with van der Waals surface area (Å²) in [4.78, 5) is 0. The number of aromatic hydroxyl groups is 1. The Morgan fingerprint density at radius 1 is 1.53 bits per heavy atom. The van der Waals surface area contributed by atoms with Crippen LogP contribution in [0.3, 0.4) is 0 Å². The van der Waals surface area contributed by atoms with Gasteiger partial charge in [0, 0.05) is 11.6 Å². The van der Waals surface area contributed by atoms with Crippen molar-refractivity contribution in [3.8, 4) is 11.8 Å². The van der Waals surface area contributed by atoms with Crippen LogP contribution in [0.1, 0.15) is 36.4 Å². The molecule has 1 saturated carbocycles. The zero-order valence-corrected chi connectivity index (χ0v) is 11.6. The van der Waals surface area contributed by atoms with Crippen LogP contribution in [0.4, 0.5) is 0 Å². The number of nitriles is 1. The van der Waals surface area contributed by atoms with E-state index in [2.05, 4.69) is 22.0 Å². The van der Waals surface area contributed by atoms with E-state index in [1.54, 1.807) is 12.1 Å². The van der Waals surface area contributed by atoms with Crippen molar-refractivity contribution >= 4 is 28.3 Å². The number of nitrogens with zero attached hydrogens (tertiary/aromatic N) is 1. The maximum absolute atomic E-state index is 9.88. The molecule has 3 N–H and O–H groups in total. The van der Waals surface area contributed by atoms with Crippen molar-refractivity contribution < 1.29 is 5.11 Å². The van der Waals surface area contributed by atoms with Crippen molar-refractivity contribution in [1.29, 1.82) is 5.26 Å². The summed E-state index contributed by atoms with van der Waals surface area (Å²) in [5, 5.41) is 18.7. The lowest BCUT2D eigenvalue weighted by Gasteiger charge is -2.14. The number of hydrogen-bond donors (Lipinski definition) is 2. The minimum Gasteiger partial charge on any atom is -0.506 e. The third kappa shape index (κ3) is 3.35. The Bertz CT molecular complexity index is 455. The van der Waals surface area contributed by atoms with Gasteiger partial charge in [-0.1, -0.05) is 12.8 Å². The van der Waals surface area contributed by atoms with Crippen LogP contribution >= 0.6 is 28.3 Å². The molecule has 0 heterocycles. The second-order valence-electron chi connectivity index (χ2n) is 4.29. The Morgan fingerprint density at radius 3 is 2.71 bits per heavy atom. The van der Waals surface area contributed by atoms with E-state index >= 15 is 0 Å². The van der Waals surface area contributed by atoms with E-state index in [0.717, 1.165) is 6.42 Å². The molecule has 17 heavy (non-hydrogen) atoms. The van der Waals surface area contributed by atoms with Gasteiger partial charge in [0.2, 0.25) is 0 Å². The summed E-state index contributed by atoms with van der Waals surface area (Å²) in [6.45, 7) is 0. The largest absolute Gasteiger partial charge is 0.506 e. The standard InChI is InChI=1S/C12H13BrN2O.ClH/c13-10-4-8(6-14)3-9(12(10)16)11(15)5-7-1-2-7;/h3-4,7,11,16H,1-2,5,15H2;1H/t11-;/m1./s1. The second kappa shape index (κ2) is 5.72. The fourth-order valence-corrected chi connectivity index (χ4v) is 2.28. The zero-order valence-electron chi connectivity index (χ0n) is 9.19. The van der Waals surface area contributed by atoms with Crippen LogP contribution in [0, 0.1) is 17.2 Å². The Kier molecular flexibility index (Phi) is 4.81. The molecule has 1 atom stereocenters. The van der Waals surface area contributed by atoms with E-state index in [1.165, 1.54) is 12.8 Å². The van der Waals surface area contributed by atoms with Gasteiger partial charge in [-0.05, 0) is 40.4 Å². The summed E-state index contributed by atoms with van der Waals surface area (Å²) in [6.07, 6.45) is 3.34. The first kappa shape index (κ1) is 14.3. The van der Waals surface area contributed by atoms with Crippen molar-refractivity contribution in [3.63, 3.8) is 0 Å². The molecule has 3 nitrogen and oxygen atoms in total. The Hall–Kier alpha value is -0.760. The summed E-state index contributed by atoms with van der Waals surface area (Å²) in [5.41, 5.74) is 7.22. The van der Waals surface area contributed by atoms with Crippen molar-refractivity contribution in [2.75, 3.05) is 0 Å². The maximum Gasteiger partial charge on any atom is 0.134 e. The van der Waals surface area contributed by atoms with Crippen LogP contribution < -0.4 is 5.73 Å². The normalized spacial score (nSPS) is 15.8. The summed E-state index contributed by atoms with van der Waals surface area (Å²) < 4.78 is 0.535. The SMILES string of the molecule is Cl.N#Cc1cc(Br)c(O)c([C@H](N)CC2CC2)c1. The molecule has 0 bridgehead atoms. The van der Waals surface area contributed by atoms with Gasteiger partial charge in [-0.2, -0.15) is 5.26 Å². The minimum atomic E-state index is -0.183. The molecule has 0 aliphatic heterocycles. The van der Waals surface area contributed by atoms with Gasteiger partial charge in [0.25, 0.3) is 0 Å². The summed E-state index contributed by atoms with van der Waals surface area (Å²) in [5.74, 6) is 0.853. The van der Waals surface area contributed by atoms with E-state index < -0.39 is 0 Å². The van der Waals surface area contributed by atoms with Gasteiger partial charge in [-0.25, -0.2) is 0 Å². The van der Waals surface area contributed by atoms with Crippen LogP contribution in [-0.4, -0.2) is 5.11 Å². The first-order valence-corrected chi connectivity index (χ1v) is 6.09. The van der Waals surface area contributed by atoms with E-state index in [4.69, 9.17) is 11.0 Å². The van der Waals surface area contributed by atoms with Gasteiger partial charge in [0.1, 0.15) is 5.75 Å². The highest BCUT2D eigenvalue weighted by Crippen LogP contribution is 2.40. The third-order valence-electron chi connectivity index (χ3n) is 2.91. The third-order valence-corrected chi connectivity index (χ3v) is 3.51. The summed E-state index contributed by atoms with van der Waals surface area (Å²) in [6, 6.07) is 5.15. The fraction of sp³-hybridized carbons (Fsp3) is 0.417. The molecule has 2 rings (SSSR count). The lowest BCUT2D eigenvalue weighted by Crippen LogP contribution is -2.11. The molecule has 0 spiro atoms. The minimum absolute atomic E-state index is 0. The first-order valence-electron chi connectivity index (χ1n) is 5.30. The Balaban J connectivity index is 0.00000144. The maximum atomic E-state index is 9.88. The van der Waals surface area contributed by atoms with Gasteiger partial charge in [-0.15, -0.1) is 12.4 Å². The number of hydrogen-bond acceptors (Lipinski definition) is 3. The van der Waals surface area contributed by atoms with Crippen molar-refractivity contribution in [3.05, 3.63) is 27.7 Å². The summed E-state index contributed by atoms with van der Waals surface area (Å²) in [7, 11) is 0. The molecule has 1 aliphatic carbocycles. The molecule has 92 valence electrons. The summed E-state index contributed by atoms with van der Waals surface area (Å²) >= 11 is 3.23. The number of nitrogens with two attached hydrogens (primary N) is 1. The smallest absolute Gasteiger partial charge is 0.134 e. The lowest BCUT2D eigenvalue weighted by molar-refractivity contribution is 0.452. The fourth-order valence-electron chi connectivity index (χ4n) is 1.81. The highest BCUT2D eigenvalue weighted by atomic mass is 79.9. The van der Waals surface area contributed by atoms with E-state index in [0.29, 0.717) is 21.5 Å².